The summed E-state index contributed by atoms with van der Waals surface area (Å²) in [5.74, 6) is 0.369. The number of ether oxygens (including phenoxy) is 1. The van der Waals surface area contributed by atoms with Gasteiger partial charge in [-0.05, 0) is 25.5 Å². The summed E-state index contributed by atoms with van der Waals surface area (Å²) >= 11 is 0. The van der Waals surface area contributed by atoms with E-state index in [1.165, 1.54) is 0 Å². The quantitative estimate of drug-likeness (QED) is 0.703. The molecule has 70 valence electrons. The number of epoxide rings is 1. The van der Waals surface area contributed by atoms with Crippen molar-refractivity contribution in [1.82, 2.24) is 0 Å². The predicted octanol–water partition coefficient (Wildman–Crippen LogP) is 2.11. The van der Waals surface area contributed by atoms with Crippen LogP contribution in [0.2, 0.25) is 0 Å². The summed E-state index contributed by atoms with van der Waals surface area (Å²) in [7, 11) is 0. The summed E-state index contributed by atoms with van der Waals surface area (Å²) in [5.41, 5.74) is 0.973. The van der Waals surface area contributed by atoms with Crippen molar-refractivity contribution in [3.05, 3.63) is 29.8 Å². The number of hydrogen-bond acceptors (Lipinski definition) is 2. The number of rotatable bonds is 2. The van der Waals surface area contributed by atoms with E-state index >= 15 is 0 Å². The first-order valence-corrected chi connectivity index (χ1v) is 4.54. The molecule has 1 atom stereocenters. The standard InChI is InChI=1S/C11H14O2/c1-11(2)10(13-11)7-8-5-3-4-6-9(8)12/h3-6,10,12H,7H2,1-2H3. The van der Waals surface area contributed by atoms with Gasteiger partial charge < -0.3 is 9.84 Å². The van der Waals surface area contributed by atoms with Gasteiger partial charge in [0.05, 0.1) is 11.7 Å². The first-order valence-electron chi connectivity index (χ1n) is 4.54. The van der Waals surface area contributed by atoms with Crippen LogP contribution in [0.5, 0.6) is 5.75 Å². The van der Waals surface area contributed by atoms with Gasteiger partial charge in [-0.15, -0.1) is 0 Å². The van der Waals surface area contributed by atoms with Gasteiger partial charge in [-0.1, -0.05) is 18.2 Å². The lowest BCUT2D eigenvalue weighted by atomic mass is 10.0. The van der Waals surface area contributed by atoms with Gasteiger partial charge in [0.1, 0.15) is 5.75 Å². The zero-order valence-electron chi connectivity index (χ0n) is 7.95. The van der Waals surface area contributed by atoms with Crippen LogP contribution in [0.15, 0.2) is 24.3 Å². The van der Waals surface area contributed by atoms with Crippen molar-refractivity contribution in [3.63, 3.8) is 0 Å². The van der Waals surface area contributed by atoms with Crippen molar-refractivity contribution in [2.75, 3.05) is 0 Å². The number of phenolic OH excluding ortho intramolecular Hbond substituents is 1. The molecule has 0 aromatic heterocycles. The van der Waals surface area contributed by atoms with Gasteiger partial charge in [-0.2, -0.15) is 0 Å². The van der Waals surface area contributed by atoms with E-state index in [9.17, 15) is 5.11 Å². The molecule has 0 aliphatic carbocycles. The summed E-state index contributed by atoms with van der Waals surface area (Å²) < 4.78 is 5.45. The fraction of sp³-hybridized carbons (Fsp3) is 0.455. The third-order valence-corrected chi connectivity index (χ3v) is 2.56. The molecule has 0 amide bonds. The minimum Gasteiger partial charge on any atom is -0.508 e. The maximum absolute atomic E-state index is 9.50. The molecule has 2 nitrogen and oxygen atoms in total. The molecule has 1 unspecified atom stereocenters. The van der Waals surface area contributed by atoms with Crippen LogP contribution in [-0.4, -0.2) is 16.8 Å². The van der Waals surface area contributed by atoms with Crippen LogP contribution in [-0.2, 0) is 11.2 Å². The molecule has 1 saturated heterocycles. The van der Waals surface area contributed by atoms with Crippen molar-refractivity contribution in [3.8, 4) is 5.75 Å². The van der Waals surface area contributed by atoms with Crippen LogP contribution < -0.4 is 0 Å². The lowest BCUT2D eigenvalue weighted by Gasteiger charge is -2.01. The van der Waals surface area contributed by atoms with E-state index in [1.807, 2.05) is 18.2 Å². The Morgan fingerprint density at radius 1 is 1.38 bits per heavy atom. The Balaban J connectivity index is 2.07. The number of benzene rings is 1. The summed E-state index contributed by atoms with van der Waals surface area (Å²) in [6.45, 7) is 4.13. The van der Waals surface area contributed by atoms with E-state index in [2.05, 4.69) is 13.8 Å². The van der Waals surface area contributed by atoms with Gasteiger partial charge in [0, 0.05) is 6.42 Å². The second kappa shape index (κ2) is 2.74. The SMILES string of the molecule is CC1(C)OC1Cc1ccccc1O. The molecule has 0 spiro atoms. The molecular weight excluding hydrogens is 164 g/mol. The molecule has 1 aliphatic heterocycles. The normalized spacial score (nSPS) is 24.3. The molecule has 0 radical (unpaired) electrons. The maximum Gasteiger partial charge on any atom is 0.118 e. The van der Waals surface area contributed by atoms with Crippen LogP contribution in [0.25, 0.3) is 0 Å². The van der Waals surface area contributed by atoms with Gasteiger partial charge in [0.2, 0.25) is 0 Å². The minimum absolute atomic E-state index is 0.00226. The molecule has 2 heteroatoms. The smallest absolute Gasteiger partial charge is 0.118 e. The Kier molecular flexibility index (Phi) is 1.81. The van der Waals surface area contributed by atoms with Crippen LogP contribution in [0.1, 0.15) is 19.4 Å². The van der Waals surface area contributed by atoms with Crippen molar-refractivity contribution in [1.29, 1.82) is 0 Å². The van der Waals surface area contributed by atoms with Crippen molar-refractivity contribution in [2.24, 2.45) is 0 Å². The van der Waals surface area contributed by atoms with Crippen molar-refractivity contribution >= 4 is 0 Å². The second-order valence-corrected chi connectivity index (χ2v) is 4.04. The van der Waals surface area contributed by atoms with E-state index in [1.54, 1.807) is 6.07 Å². The number of aromatic hydroxyl groups is 1. The first kappa shape index (κ1) is 8.57. The maximum atomic E-state index is 9.50. The Morgan fingerprint density at radius 2 is 2.00 bits per heavy atom. The first-order chi connectivity index (χ1) is 6.09. The molecular formula is C11H14O2. The summed E-state index contributed by atoms with van der Waals surface area (Å²) in [6, 6.07) is 7.42. The Morgan fingerprint density at radius 3 is 2.54 bits per heavy atom. The van der Waals surface area contributed by atoms with Gasteiger partial charge in [-0.25, -0.2) is 0 Å². The largest absolute Gasteiger partial charge is 0.508 e. The van der Waals surface area contributed by atoms with E-state index in [4.69, 9.17) is 4.74 Å². The molecule has 1 heterocycles. The van der Waals surface area contributed by atoms with Gasteiger partial charge in [0.15, 0.2) is 0 Å². The number of hydrogen-bond donors (Lipinski definition) is 1. The Hall–Kier alpha value is -1.02. The topological polar surface area (TPSA) is 32.8 Å². The zero-order chi connectivity index (χ0) is 9.47. The van der Waals surface area contributed by atoms with Crippen molar-refractivity contribution in [2.45, 2.75) is 32.0 Å². The van der Waals surface area contributed by atoms with Crippen molar-refractivity contribution < 1.29 is 9.84 Å². The fourth-order valence-corrected chi connectivity index (χ4v) is 1.50. The predicted molar refractivity (Wildman–Crippen MR) is 50.8 cm³/mol. The molecule has 1 fully saturated rings. The average molecular weight is 178 g/mol. The Labute approximate surface area is 78.2 Å². The summed E-state index contributed by atoms with van der Waals surface area (Å²) in [6.07, 6.45) is 1.07. The molecule has 0 bridgehead atoms. The van der Waals surface area contributed by atoms with Gasteiger partial charge >= 0.3 is 0 Å². The van der Waals surface area contributed by atoms with E-state index in [0.29, 0.717) is 5.75 Å². The molecule has 1 N–H and O–H groups in total. The minimum atomic E-state index is 0.00226. The third-order valence-electron chi connectivity index (χ3n) is 2.56. The summed E-state index contributed by atoms with van der Waals surface area (Å²) in [4.78, 5) is 0. The lowest BCUT2D eigenvalue weighted by Crippen LogP contribution is -2.05. The van der Waals surface area contributed by atoms with Crippen LogP contribution in [0.3, 0.4) is 0 Å². The lowest BCUT2D eigenvalue weighted by molar-refractivity contribution is 0.322. The molecule has 13 heavy (non-hydrogen) atoms. The van der Waals surface area contributed by atoms with Gasteiger partial charge in [-0.3, -0.25) is 0 Å². The molecule has 1 aliphatic rings. The highest BCUT2D eigenvalue weighted by Crippen LogP contribution is 2.38. The average Bonchev–Trinajstić information content (AvgIpc) is 2.64. The number of phenols is 1. The van der Waals surface area contributed by atoms with E-state index in [0.717, 1.165) is 12.0 Å². The van der Waals surface area contributed by atoms with Crippen LogP contribution in [0.4, 0.5) is 0 Å². The molecule has 1 aromatic carbocycles. The highest BCUT2D eigenvalue weighted by molar-refractivity contribution is 5.33. The monoisotopic (exact) mass is 178 g/mol. The fourth-order valence-electron chi connectivity index (χ4n) is 1.50. The Bertz CT molecular complexity index is 318. The van der Waals surface area contributed by atoms with Crippen LogP contribution >= 0.6 is 0 Å². The second-order valence-electron chi connectivity index (χ2n) is 4.04. The zero-order valence-corrected chi connectivity index (χ0v) is 7.95. The van der Waals surface area contributed by atoms with Gasteiger partial charge in [0.25, 0.3) is 0 Å². The van der Waals surface area contributed by atoms with Crippen LogP contribution in [0, 0.1) is 0 Å². The van der Waals surface area contributed by atoms with E-state index in [-0.39, 0.29) is 11.7 Å². The van der Waals surface area contributed by atoms with E-state index < -0.39 is 0 Å². The third kappa shape index (κ3) is 1.68. The molecule has 1 aromatic rings. The molecule has 0 saturated carbocycles. The molecule has 2 rings (SSSR count). The highest BCUT2D eigenvalue weighted by Gasteiger charge is 2.47. The summed E-state index contributed by atoms with van der Waals surface area (Å²) in [5, 5.41) is 9.50. The highest BCUT2D eigenvalue weighted by atomic mass is 16.6. The number of para-hydroxylation sites is 1.